The molecule has 2 aromatic carbocycles. The number of anilines is 1. The van der Waals surface area contributed by atoms with Crippen LogP contribution in [0.4, 0.5) is 5.69 Å². The summed E-state index contributed by atoms with van der Waals surface area (Å²) in [4.78, 5) is 0. The maximum atomic E-state index is 6.11. The molecule has 0 aromatic heterocycles. The molecule has 0 saturated carbocycles. The summed E-state index contributed by atoms with van der Waals surface area (Å²) in [5, 5.41) is 1.03. The maximum absolute atomic E-state index is 6.11. The van der Waals surface area contributed by atoms with Crippen molar-refractivity contribution in [2.45, 2.75) is 13.5 Å². The van der Waals surface area contributed by atoms with Gasteiger partial charge in [0, 0.05) is 10.0 Å². The first-order valence-electron chi connectivity index (χ1n) is 5.60. The van der Waals surface area contributed by atoms with Crippen LogP contribution in [-0.4, -0.2) is 0 Å². The number of rotatable bonds is 3. The molecule has 0 saturated heterocycles. The number of aryl methyl sites for hydroxylation is 1. The van der Waals surface area contributed by atoms with E-state index in [1.807, 2.05) is 31.2 Å². The van der Waals surface area contributed by atoms with Gasteiger partial charge >= 0.3 is 0 Å². The zero-order valence-electron chi connectivity index (χ0n) is 10.2. The fourth-order valence-electron chi connectivity index (χ4n) is 1.76. The van der Waals surface area contributed by atoms with Gasteiger partial charge in [-0.2, -0.15) is 0 Å². The van der Waals surface area contributed by atoms with Crippen molar-refractivity contribution >= 4 is 44.8 Å². The van der Waals surface area contributed by atoms with Gasteiger partial charge in [-0.15, -0.1) is 0 Å². The Bertz CT molecular complexity index is 593. The molecule has 0 atom stereocenters. The fourth-order valence-corrected chi connectivity index (χ4v) is 2.73. The number of hydrogen-bond donors (Lipinski definition) is 1. The average molecular weight is 361 g/mol. The first-order chi connectivity index (χ1) is 8.99. The Morgan fingerprint density at radius 3 is 2.68 bits per heavy atom. The van der Waals surface area contributed by atoms with Gasteiger partial charge < -0.3 is 10.5 Å². The Morgan fingerprint density at radius 2 is 2.00 bits per heavy atom. The van der Waals surface area contributed by atoms with Crippen molar-refractivity contribution in [1.29, 1.82) is 0 Å². The Hall–Kier alpha value is -0.900. The van der Waals surface area contributed by atoms with E-state index in [0.717, 1.165) is 15.6 Å². The summed E-state index contributed by atoms with van der Waals surface area (Å²) >= 11 is 15.5. The van der Waals surface area contributed by atoms with E-state index < -0.39 is 0 Å². The molecule has 0 aliphatic carbocycles. The van der Waals surface area contributed by atoms with Gasteiger partial charge in [0.1, 0.15) is 12.4 Å². The van der Waals surface area contributed by atoms with Gasteiger partial charge in [-0.05, 0) is 30.7 Å². The molecule has 0 bridgehead atoms. The molecule has 0 unspecified atom stereocenters. The van der Waals surface area contributed by atoms with Gasteiger partial charge in [-0.1, -0.05) is 51.3 Å². The van der Waals surface area contributed by atoms with E-state index >= 15 is 0 Å². The molecule has 2 aromatic rings. The second-order valence-electron chi connectivity index (χ2n) is 4.14. The normalized spacial score (nSPS) is 10.5. The largest absolute Gasteiger partial charge is 0.486 e. The van der Waals surface area contributed by atoms with Crippen LogP contribution in [0.15, 0.2) is 34.8 Å². The topological polar surface area (TPSA) is 35.2 Å². The van der Waals surface area contributed by atoms with Crippen LogP contribution < -0.4 is 10.5 Å². The average Bonchev–Trinajstić information content (AvgIpc) is 2.33. The lowest BCUT2D eigenvalue weighted by Crippen LogP contribution is -2.01. The van der Waals surface area contributed by atoms with Gasteiger partial charge in [-0.25, -0.2) is 0 Å². The number of nitrogens with two attached hydrogens (primary N) is 1. The highest BCUT2D eigenvalue weighted by Crippen LogP contribution is 2.32. The highest BCUT2D eigenvalue weighted by Gasteiger charge is 2.09. The maximum Gasteiger partial charge on any atom is 0.145 e. The van der Waals surface area contributed by atoms with E-state index in [0.29, 0.717) is 28.1 Å². The molecular formula is C14H12BrCl2NO. The molecule has 5 heteroatoms. The minimum absolute atomic E-state index is 0.325. The van der Waals surface area contributed by atoms with E-state index in [1.165, 1.54) is 0 Å². The summed E-state index contributed by atoms with van der Waals surface area (Å²) in [6.45, 7) is 2.27. The minimum atomic E-state index is 0.325. The van der Waals surface area contributed by atoms with Crippen molar-refractivity contribution in [2.24, 2.45) is 0 Å². The molecule has 0 spiro atoms. The van der Waals surface area contributed by atoms with E-state index in [1.54, 1.807) is 6.07 Å². The molecular weight excluding hydrogens is 349 g/mol. The molecule has 0 amide bonds. The van der Waals surface area contributed by atoms with Crippen LogP contribution in [0.5, 0.6) is 5.75 Å². The van der Waals surface area contributed by atoms with Crippen molar-refractivity contribution < 1.29 is 4.74 Å². The van der Waals surface area contributed by atoms with Crippen molar-refractivity contribution in [3.63, 3.8) is 0 Å². The van der Waals surface area contributed by atoms with Gasteiger partial charge in [0.25, 0.3) is 0 Å². The molecule has 2 rings (SSSR count). The Balaban J connectivity index is 2.22. The molecule has 19 heavy (non-hydrogen) atoms. The summed E-state index contributed by atoms with van der Waals surface area (Å²) < 4.78 is 6.68. The van der Waals surface area contributed by atoms with Crippen LogP contribution in [-0.2, 0) is 6.61 Å². The molecule has 0 fully saturated rings. The highest BCUT2D eigenvalue weighted by atomic mass is 79.9. The van der Waals surface area contributed by atoms with Crippen molar-refractivity contribution in [1.82, 2.24) is 0 Å². The Kier molecular flexibility index (Phi) is 4.61. The molecule has 0 heterocycles. The lowest BCUT2D eigenvalue weighted by atomic mass is 10.2. The SMILES string of the molecule is Cc1cc(Br)cc(N)c1OCc1cccc(Cl)c1Cl. The van der Waals surface area contributed by atoms with Gasteiger partial charge in [-0.3, -0.25) is 0 Å². The zero-order chi connectivity index (χ0) is 14.0. The second-order valence-corrected chi connectivity index (χ2v) is 5.84. The quantitative estimate of drug-likeness (QED) is 0.761. The summed E-state index contributed by atoms with van der Waals surface area (Å²) in [6.07, 6.45) is 0. The third kappa shape index (κ3) is 3.35. The molecule has 2 N–H and O–H groups in total. The van der Waals surface area contributed by atoms with Crippen molar-refractivity contribution in [3.8, 4) is 5.75 Å². The first-order valence-corrected chi connectivity index (χ1v) is 7.15. The van der Waals surface area contributed by atoms with E-state index in [-0.39, 0.29) is 0 Å². The van der Waals surface area contributed by atoms with Crippen molar-refractivity contribution in [3.05, 3.63) is 56.0 Å². The van der Waals surface area contributed by atoms with Gasteiger partial charge in [0.05, 0.1) is 15.7 Å². The third-order valence-electron chi connectivity index (χ3n) is 2.67. The van der Waals surface area contributed by atoms with Crippen molar-refractivity contribution in [2.75, 3.05) is 5.73 Å². The second kappa shape index (κ2) is 6.04. The summed E-state index contributed by atoms with van der Waals surface area (Å²) in [5.41, 5.74) is 8.32. The predicted octanol–water partition coefficient (Wildman–Crippen LogP) is 5.23. The summed E-state index contributed by atoms with van der Waals surface area (Å²) in [5.74, 6) is 0.666. The van der Waals surface area contributed by atoms with Crippen LogP contribution in [0.2, 0.25) is 10.0 Å². The summed E-state index contributed by atoms with van der Waals surface area (Å²) in [7, 11) is 0. The zero-order valence-corrected chi connectivity index (χ0v) is 13.3. The molecule has 0 aliphatic heterocycles. The van der Waals surface area contributed by atoms with E-state index in [4.69, 9.17) is 33.7 Å². The van der Waals surface area contributed by atoms with Crippen LogP contribution in [0.25, 0.3) is 0 Å². The number of benzene rings is 2. The highest BCUT2D eigenvalue weighted by molar-refractivity contribution is 9.10. The Morgan fingerprint density at radius 1 is 1.26 bits per heavy atom. The van der Waals surface area contributed by atoms with Crippen LogP contribution in [0.1, 0.15) is 11.1 Å². The molecule has 2 nitrogen and oxygen atoms in total. The van der Waals surface area contributed by atoms with Crippen LogP contribution in [0.3, 0.4) is 0 Å². The molecule has 100 valence electrons. The van der Waals surface area contributed by atoms with Gasteiger partial charge in [0.2, 0.25) is 0 Å². The summed E-state index contributed by atoms with van der Waals surface area (Å²) in [6, 6.07) is 9.21. The van der Waals surface area contributed by atoms with Gasteiger partial charge in [0.15, 0.2) is 0 Å². The smallest absolute Gasteiger partial charge is 0.145 e. The number of nitrogen functional groups attached to an aromatic ring is 1. The standard InChI is InChI=1S/C14H12BrCl2NO/c1-8-5-10(15)6-12(18)14(8)19-7-9-3-2-4-11(16)13(9)17/h2-6H,7,18H2,1H3. The van der Waals surface area contributed by atoms with Crippen LogP contribution >= 0.6 is 39.1 Å². The molecule has 0 radical (unpaired) electrons. The predicted molar refractivity (Wildman–Crippen MR) is 84.1 cm³/mol. The number of halogens is 3. The number of hydrogen-bond acceptors (Lipinski definition) is 2. The molecule has 0 aliphatic rings. The monoisotopic (exact) mass is 359 g/mol. The fraction of sp³-hybridized carbons (Fsp3) is 0.143. The third-order valence-corrected chi connectivity index (χ3v) is 3.99. The van der Waals surface area contributed by atoms with Crippen LogP contribution in [0, 0.1) is 6.92 Å². The first kappa shape index (κ1) is 14.5. The minimum Gasteiger partial charge on any atom is -0.486 e. The number of ether oxygens (including phenoxy) is 1. The Labute approximate surface area is 130 Å². The van der Waals surface area contributed by atoms with E-state index in [2.05, 4.69) is 15.9 Å². The lowest BCUT2D eigenvalue weighted by molar-refractivity contribution is 0.306. The van der Waals surface area contributed by atoms with E-state index in [9.17, 15) is 0 Å². The lowest BCUT2D eigenvalue weighted by Gasteiger charge is -2.13.